The summed E-state index contributed by atoms with van der Waals surface area (Å²) in [5, 5.41) is 3.02. The van der Waals surface area contributed by atoms with Gasteiger partial charge in [-0.05, 0) is 65.5 Å². The molecule has 0 aliphatic heterocycles. The van der Waals surface area contributed by atoms with E-state index in [1.165, 1.54) is 47.4 Å². The second-order valence-corrected chi connectivity index (χ2v) is 38.2. The zero-order valence-corrected chi connectivity index (χ0v) is 41.5. The summed E-state index contributed by atoms with van der Waals surface area (Å²) in [6, 6.07) is 9.39. The van der Waals surface area contributed by atoms with Gasteiger partial charge in [-0.1, -0.05) is 198 Å². The van der Waals surface area contributed by atoms with E-state index in [1.54, 1.807) is 0 Å². The maximum absolute atomic E-state index is 3.79. The van der Waals surface area contributed by atoms with Crippen LogP contribution in [0.25, 0.3) is 0 Å². The van der Waals surface area contributed by atoms with E-state index in [-0.39, 0.29) is 31.7 Å². The van der Waals surface area contributed by atoms with Gasteiger partial charge in [0.05, 0.1) is 0 Å². The third-order valence-electron chi connectivity index (χ3n) is 9.41. The van der Waals surface area contributed by atoms with Crippen LogP contribution in [0.1, 0.15) is 189 Å². The fourth-order valence-electron chi connectivity index (χ4n) is 7.95. The first-order valence-corrected chi connectivity index (χ1v) is 25.4. The van der Waals surface area contributed by atoms with Crippen LogP contribution < -0.4 is 0 Å². The lowest BCUT2D eigenvalue weighted by Crippen LogP contribution is -2.26. The lowest BCUT2D eigenvalue weighted by atomic mass is 10.2. The van der Waals surface area contributed by atoms with Gasteiger partial charge in [-0.2, -0.15) is 0 Å². The van der Waals surface area contributed by atoms with Crippen LogP contribution in [0.2, 0.25) is 0 Å². The first-order valence-electron chi connectivity index (χ1n) is 19.3. The minimum Gasteiger partial charge on any atom is -0.362 e. The van der Waals surface area contributed by atoms with E-state index in [9.17, 15) is 0 Å². The van der Waals surface area contributed by atoms with Crippen molar-refractivity contribution in [1.82, 2.24) is 9.97 Å². The average Bonchev–Trinajstić information content (AvgIpc) is 3.46. The monoisotopic (exact) mass is 767 g/mol. The molecule has 2 N–H and O–H groups in total. The molecule has 0 aliphatic rings. The first kappa shape index (κ1) is 48.3. The molecule has 2 rings (SSSR count). The highest BCUT2D eigenvalue weighted by atomic mass is 31.1. The van der Waals surface area contributed by atoms with Crippen molar-refractivity contribution in [3.8, 4) is 0 Å². The van der Waals surface area contributed by atoms with Crippen LogP contribution in [0.4, 0.5) is 0 Å². The van der Waals surface area contributed by atoms with E-state index in [0.717, 1.165) is 0 Å². The van der Waals surface area contributed by atoms with Gasteiger partial charge >= 0.3 is 0 Å². The number of H-pyrrole nitrogens is 2. The highest BCUT2D eigenvalue weighted by Crippen LogP contribution is 2.64. The van der Waals surface area contributed by atoms with Crippen LogP contribution in [-0.4, -0.2) is 51.2 Å². The minimum atomic E-state index is -0.0971. The molecule has 0 saturated carbocycles. The molecule has 2 aromatic heterocycles. The molecule has 0 amide bonds. The van der Waals surface area contributed by atoms with E-state index in [4.69, 9.17) is 0 Å². The van der Waals surface area contributed by atoms with E-state index in [1.807, 2.05) is 0 Å². The summed E-state index contributed by atoms with van der Waals surface area (Å²) < 4.78 is 0. The van der Waals surface area contributed by atoms with Gasteiger partial charge in [-0.3, -0.25) is 0 Å². The molecule has 0 aromatic carbocycles. The molecule has 2 heterocycles. The van der Waals surface area contributed by atoms with Crippen LogP contribution in [0.3, 0.4) is 0 Å². The number of hydrogen-bond donors (Lipinski definition) is 2. The summed E-state index contributed by atoms with van der Waals surface area (Å²) in [6.07, 6.45) is 4.80. The summed E-state index contributed by atoms with van der Waals surface area (Å²) in [5.41, 5.74) is 5.74. The lowest BCUT2D eigenvalue weighted by molar-refractivity contribution is 0.699. The Bertz CT molecular complexity index is 1040. The number of aromatic amines is 2. The summed E-state index contributed by atoms with van der Waals surface area (Å²) in [7, 11) is -0.389. The fraction of sp³-hybridized carbons (Fsp3) is 0.818. The van der Waals surface area contributed by atoms with Gasteiger partial charge in [0.25, 0.3) is 0 Å². The number of aromatic nitrogens is 2. The molecular weight excluding hydrogens is 680 g/mol. The van der Waals surface area contributed by atoms with Gasteiger partial charge in [0.1, 0.15) is 0 Å². The Labute approximate surface area is 319 Å². The number of nitrogens with one attached hydrogen (secondary N) is 2. The predicted molar refractivity (Wildman–Crippen MR) is 242 cm³/mol. The Kier molecular flexibility index (Phi) is 16.4. The van der Waals surface area contributed by atoms with Crippen molar-refractivity contribution < 1.29 is 0 Å². The molecule has 0 saturated heterocycles. The molecule has 6 heteroatoms. The molecule has 0 fully saturated rings. The highest BCUT2D eigenvalue weighted by Gasteiger charge is 2.38. The van der Waals surface area contributed by atoms with Gasteiger partial charge in [0.2, 0.25) is 0 Å². The number of rotatable bonds is 8. The molecular formula is C44H86N2P4. The molecule has 292 valence electrons. The Morgan fingerprint density at radius 2 is 0.400 bits per heavy atom. The second kappa shape index (κ2) is 17.0. The predicted octanol–water partition coefficient (Wildman–Crippen LogP) is 16.3. The quantitative estimate of drug-likeness (QED) is 0.251. The van der Waals surface area contributed by atoms with Gasteiger partial charge < -0.3 is 9.97 Å². The fourth-order valence-corrected chi connectivity index (χ4v) is 21.9. The van der Waals surface area contributed by atoms with Crippen LogP contribution >= 0.6 is 31.7 Å². The van der Waals surface area contributed by atoms with Gasteiger partial charge in [0.15, 0.2) is 0 Å². The van der Waals surface area contributed by atoms with Crippen molar-refractivity contribution in [2.45, 2.75) is 232 Å². The Balaban J connectivity index is 0.000000500. The van der Waals surface area contributed by atoms with Crippen LogP contribution in [0, 0.1) is 0 Å². The maximum Gasteiger partial charge on any atom is 0.0193 e. The Hall–Kier alpha value is 0.280. The van der Waals surface area contributed by atoms with Crippen molar-refractivity contribution in [3.05, 3.63) is 47.0 Å². The number of hydrogen-bond acceptors (Lipinski definition) is 0. The largest absolute Gasteiger partial charge is 0.362 e. The molecule has 0 atom stereocenters. The van der Waals surface area contributed by atoms with E-state index >= 15 is 0 Å². The standard InChI is InChI=1S/2C22H43NP2/c2*1-19(2,3)24(20(4,5)6)15-17-13-14-18(23-17)16-25(21(7,8)9)22(10,11)12/h2*13-14,23H,15-16H2,1-12H3. The van der Waals surface area contributed by atoms with Crippen molar-refractivity contribution in [3.63, 3.8) is 0 Å². The third-order valence-corrected chi connectivity index (χ3v) is 25.0. The molecule has 0 radical (unpaired) electrons. The summed E-state index contributed by atoms with van der Waals surface area (Å²) in [6.45, 7) is 57.8. The summed E-state index contributed by atoms with van der Waals surface area (Å²) >= 11 is 0. The van der Waals surface area contributed by atoms with E-state index in [0.29, 0.717) is 41.2 Å². The molecule has 0 aliphatic carbocycles. The molecule has 0 spiro atoms. The zero-order chi connectivity index (χ0) is 39.7. The van der Waals surface area contributed by atoms with Gasteiger partial charge in [-0.25, -0.2) is 0 Å². The molecule has 0 unspecified atom stereocenters. The van der Waals surface area contributed by atoms with Crippen LogP contribution in [0.5, 0.6) is 0 Å². The van der Waals surface area contributed by atoms with E-state index in [2.05, 4.69) is 200 Å². The first-order chi connectivity index (χ1) is 21.8. The SMILES string of the molecule is CC(C)(C)P(Cc1ccc(CP(C(C)(C)C)C(C)(C)C)[nH]1)C(C)(C)C.CC(C)(C)P(Cc1ccc(CP(C(C)(C)C)C(C)(C)C)[nH]1)C(C)(C)C. The van der Waals surface area contributed by atoms with E-state index < -0.39 is 0 Å². The third kappa shape index (κ3) is 15.9. The Morgan fingerprint density at radius 3 is 0.500 bits per heavy atom. The lowest BCUT2D eigenvalue weighted by Gasteiger charge is -2.42. The van der Waals surface area contributed by atoms with Gasteiger partial charge in [0, 0.05) is 47.4 Å². The smallest absolute Gasteiger partial charge is 0.0193 e. The minimum absolute atomic E-state index is 0.0971. The summed E-state index contributed by atoms with van der Waals surface area (Å²) in [5.74, 6) is 0. The average molecular weight is 767 g/mol. The second-order valence-electron chi connectivity index (χ2n) is 22.7. The van der Waals surface area contributed by atoms with Crippen molar-refractivity contribution in [1.29, 1.82) is 0 Å². The van der Waals surface area contributed by atoms with Crippen molar-refractivity contribution in [2.75, 3.05) is 0 Å². The molecule has 50 heavy (non-hydrogen) atoms. The van der Waals surface area contributed by atoms with Crippen molar-refractivity contribution >= 4 is 31.7 Å². The highest BCUT2D eigenvalue weighted by molar-refractivity contribution is 7.61. The molecule has 2 nitrogen and oxygen atoms in total. The van der Waals surface area contributed by atoms with Crippen LogP contribution in [-0.2, 0) is 24.6 Å². The normalized spacial score (nSPS) is 14.6. The Morgan fingerprint density at radius 1 is 0.280 bits per heavy atom. The topological polar surface area (TPSA) is 31.6 Å². The zero-order valence-electron chi connectivity index (χ0n) is 37.9. The molecule has 0 bridgehead atoms. The maximum atomic E-state index is 3.79. The van der Waals surface area contributed by atoms with Crippen LogP contribution in [0.15, 0.2) is 24.3 Å². The van der Waals surface area contributed by atoms with Gasteiger partial charge in [-0.15, -0.1) is 0 Å². The van der Waals surface area contributed by atoms with Crippen molar-refractivity contribution in [2.24, 2.45) is 0 Å². The molecule has 2 aromatic rings. The summed E-state index contributed by atoms with van der Waals surface area (Å²) in [4.78, 5) is 7.59.